The Morgan fingerprint density at radius 2 is 0.636 bits per heavy atom. The maximum atomic E-state index is 6.14. The number of unbranched alkanes of at least 4 members (excludes halogenated alkanes) is 6. The van der Waals surface area contributed by atoms with Crippen molar-refractivity contribution in [3.63, 3.8) is 0 Å². The summed E-state index contributed by atoms with van der Waals surface area (Å²) in [6.45, 7) is 7.26. The number of ether oxygens (including phenoxy) is 2. The molecule has 0 aliphatic carbocycles. The Balaban J connectivity index is 0.934. The molecule has 6 heteroatoms. The highest BCUT2D eigenvalue weighted by atomic mass is 79.9. The maximum Gasteiger partial charge on any atom is 0.0886 e. The SMILES string of the molecule is CCCCCCOCc1cc(-c2ccc(Br)cc2)cc(-c2ccc(-c3ccc(-c4ccc(-c5ccc(-c6cc(COCCCCCC)cc(-c7ccc(Br)cc7)c6)cc5)cn4)nc3)cc2)c1. The van der Waals surface area contributed by atoms with Crippen LogP contribution in [0.5, 0.6) is 0 Å². The lowest BCUT2D eigenvalue weighted by Crippen LogP contribution is -1.97. The molecule has 6 aromatic carbocycles. The molecular formula is C60H58Br2N2O2. The van der Waals surface area contributed by atoms with Gasteiger partial charge < -0.3 is 9.47 Å². The monoisotopic (exact) mass is 996 g/mol. The molecule has 0 N–H and O–H groups in total. The molecule has 2 aromatic heterocycles. The topological polar surface area (TPSA) is 44.2 Å². The van der Waals surface area contributed by atoms with Gasteiger partial charge in [0.1, 0.15) is 0 Å². The minimum Gasteiger partial charge on any atom is -0.377 e. The number of rotatable bonds is 21. The van der Waals surface area contributed by atoms with Crippen LogP contribution < -0.4 is 0 Å². The second kappa shape index (κ2) is 23.8. The average Bonchev–Trinajstić information content (AvgIpc) is 3.36. The summed E-state index contributed by atoms with van der Waals surface area (Å²) in [5.74, 6) is 0. The van der Waals surface area contributed by atoms with Crippen molar-refractivity contribution in [3.05, 3.63) is 190 Å². The summed E-state index contributed by atoms with van der Waals surface area (Å²) in [6.07, 6.45) is 13.5. The molecule has 0 saturated carbocycles. The molecule has 8 rings (SSSR count). The third kappa shape index (κ3) is 12.9. The summed E-state index contributed by atoms with van der Waals surface area (Å²) in [7, 11) is 0. The fourth-order valence-corrected chi connectivity index (χ4v) is 8.82. The van der Waals surface area contributed by atoms with Crippen molar-refractivity contribution in [2.45, 2.75) is 78.4 Å². The Morgan fingerprint density at radius 1 is 0.333 bits per heavy atom. The summed E-state index contributed by atoms with van der Waals surface area (Å²) in [5.41, 5.74) is 17.8. The fourth-order valence-electron chi connectivity index (χ4n) is 8.29. The van der Waals surface area contributed by atoms with Crippen LogP contribution in [0.3, 0.4) is 0 Å². The average molecular weight is 999 g/mol. The molecule has 0 aliphatic rings. The quantitative estimate of drug-likeness (QED) is 0.0673. The number of pyridine rings is 2. The van der Waals surface area contributed by atoms with E-state index in [4.69, 9.17) is 19.4 Å². The van der Waals surface area contributed by atoms with Crippen molar-refractivity contribution in [2.75, 3.05) is 13.2 Å². The van der Waals surface area contributed by atoms with Crippen LogP contribution in [0.2, 0.25) is 0 Å². The molecule has 4 nitrogen and oxygen atoms in total. The third-order valence-electron chi connectivity index (χ3n) is 12.1. The van der Waals surface area contributed by atoms with Crippen LogP contribution in [-0.2, 0) is 22.7 Å². The van der Waals surface area contributed by atoms with E-state index in [1.54, 1.807) is 0 Å². The number of hydrogen-bond acceptors (Lipinski definition) is 4. The van der Waals surface area contributed by atoms with Gasteiger partial charge in [0.2, 0.25) is 0 Å². The molecule has 0 atom stereocenters. The standard InChI is InChI=1S/C60H58Br2N2O2/c1-3-5-7-9-31-65-41-43-33-53(37-55(35-43)49-19-25-57(61)26-20-49)47-15-11-45(12-16-47)51-23-29-59(63-39-51)60-30-24-52(40-64-60)46-13-17-48(18-14-46)54-34-44(42-66-32-10-8-6-4-2)36-56(38-54)50-21-27-58(62)28-22-50/h11-30,33-40H,3-10,31-32,41-42H2,1-2H3. The van der Waals surface area contributed by atoms with E-state index >= 15 is 0 Å². The van der Waals surface area contributed by atoms with Crippen LogP contribution in [0.1, 0.15) is 76.3 Å². The summed E-state index contributed by atoms with van der Waals surface area (Å²) in [4.78, 5) is 9.71. The van der Waals surface area contributed by atoms with Crippen LogP contribution in [0.4, 0.5) is 0 Å². The number of halogens is 2. The molecule has 0 bridgehead atoms. The lowest BCUT2D eigenvalue weighted by Gasteiger charge is -2.12. The zero-order chi connectivity index (χ0) is 45.5. The molecular weight excluding hydrogens is 940 g/mol. The highest BCUT2D eigenvalue weighted by Crippen LogP contribution is 2.34. The van der Waals surface area contributed by atoms with E-state index in [-0.39, 0.29) is 0 Å². The summed E-state index contributed by atoms with van der Waals surface area (Å²) < 4.78 is 14.4. The van der Waals surface area contributed by atoms with Crippen molar-refractivity contribution in [3.8, 4) is 78.1 Å². The van der Waals surface area contributed by atoms with Gasteiger partial charge in [0.05, 0.1) is 24.6 Å². The molecule has 0 aliphatic heterocycles. The minimum absolute atomic E-state index is 0.602. The van der Waals surface area contributed by atoms with Gasteiger partial charge >= 0.3 is 0 Å². The molecule has 0 spiro atoms. The van der Waals surface area contributed by atoms with E-state index in [0.717, 1.165) is 68.6 Å². The highest BCUT2D eigenvalue weighted by Gasteiger charge is 2.11. The maximum absolute atomic E-state index is 6.14. The van der Waals surface area contributed by atoms with E-state index in [1.165, 1.54) is 94.2 Å². The Hall–Kier alpha value is -5.50. The van der Waals surface area contributed by atoms with Gasteiger partial charge in [0, 0.05) is 45.7 Å². The van der Waals surface area contributed by atoms with Crippen molar-refractivity contribution in [1.29, 1.82) is 0 Å². The first-order chi connectivity index (χ1) is 32.4. The van der Waals surface area contributed by atoms with Gasteiger partial charge in [-0.15, -0.1) is 0 Å². The minimum atomic E-state index is 0.602. The van der Waals surface area contributed by atoms with Gasteiger partial charge in [-0.3, -0.25) is 9.97 Å². The molecule has 0 fully saturated rings. The van der Waals surface area contributed by atoms with E-state index in [1.807, 2.05) is 12.4 Å². The molecule has 0 saturated heterocycles. The number of nitrogens with zero attached hydrogens (tertiary/aromatic N) is 2. The molecule has 8 aromatic rings. The predicted molar refractivity (Wildman–Crippen MR) is 283 cm³/mol. The Morgan fingerprint density at radius 3 is 0.939 bits per heavy atom. The molecule has 66 heavy (non-hydrogen) atoms. The molecule has 0 amide bonds. The van der Waals surface area contributed by atoms with E-state index < -0.39 is 0 Å². The Bertz CT molecular complexity index is 2560. The lowest BCUT2D eigenvalue weighted by atomic mass is 9.95. The van der Waals surface area contributed by atoms with Crippen molar-refractivity contribution < 1.29 is 9.47 Å². The Labute approximate surface area is 408 Å². The third-order valence-corrected chi connectivity index (χ3v) is 13.1. The van der Waals surface area contributed by atoms with Crippen molar-refractivity contribution in [1.82, 2.24) is 9.97 Å². The first-order valence-corrected chi connectivity index (χ1v) is 25.1. The van der Waals surface area contributed by atoms with Gasteiger partial charge in [-0.1, -0.05) is 169 Å². The van der Waals surface area contributed by atoms with Crippen LogP contribution in [-0.4, -0.2) is 23.2 Å². The number of benzene rings is 6. The zero-order valence-electron chi connectivity index (χ0n) is 38.1. The van der Waals surface area contributed by atoms with E-state index in [2.05, 4.69) is 203 Å². The normalized spacial score (nSPS) is 11.3. The van der Waals surface area contributed by atoms with Gasteiger partial charge in [0.15, 0.2) is 0 Å². The largest absolute Gasteiger partial charge is 0.377 e. The summed E-state index contributed by atoms with van der Waals surface area (Å²) in [5, 5.41) is 0. The molecule has 0 unspecified atom stereocenters. The van der Waals surface area contributed by atoms with Crippen LogP contribution in [0.15, 0.2) is 179 Å². The van der Waals surface area contributed by atoms with Crippen molar-refractivity contribution >= 4 is 31.9 Å². The van der Waals surface area contributed by atoms with Crippen molar-refractivity contribution in [2.24, 2.45) is 0 Å². The van der Waals surface area contributed by atoms with Gasteiger partial charge in [0.25, 0.3) is 0 Å². The number of aromatic nitrogens is 2. The Kier molecular flexibility index (Phi) is 17.0. The first-order valence-electron chi connectivity index (χ1n) is 23.5. The van der Waals surface area contributed by atoms with Gasteiger partial charge in [-0.05, 0) is 152 Å². The second-order valence-corrected chi connectivity index (χ2v) is 18.9. The zero-order valence-corrected chi connectivity index (χ0v) is 41.3. The molecule has 334 valence electrons. The van der Waals surface area contributed by atoms with E-state index in [9.17, 15) is 0 Å². The highest BCUT2D eigenvalue weighted by molar-refractivity contribution is 9.10. The second-order valence-electron chi connectivity index (χ2n) is 17.1. The van der Waals surface area contributed by atoms with Gasteiger partial charge in [-0.2, -0.15) is 0 Å². The van der Waals surface area contributed by atoms with Crippen LogP contribution >= 0.6 is 31.9 Å². The number of hydrogen-bond donors (Lipinski definition) is 0. The summed E-state index contributed by atoms with van der Waals surface area (Å²) >= 11 is 7.18. The lowest BCUT2D eigenvalue weighted by molar-refractivity contribution is 0.117. The molecule has 2 heterocycles. The van der Waals surface area contributed by atoms with E-state index in [0.29, 0.717) is 13.2 Å². The summed E-state index contributed by atoms with van der Waals surface area (Å²) in [6, 6.07) is 56.6. The fraction of sp³-hybridized carbons (Fsp3) is 0.233. The van der Waals surface area contributed by atoms with Crippen LogP contribution in [0, 0.1) is 0 Å². The van der Waals surface area contributed by atoms with Crippen LogP contribution in [0.25, 0.3) is 78.1 Å². The predicted octanol–water partition coefficient (Wildman–Crippen LogP) is 17.9. The smallest absolute Gasteiger partial charge is 0.0886 e. The van der Waals surface area contributed by atoms with Gasteiger partial charge in [-0.25, -0.2) is 0 Å². The first kappa shape index (κ1) is 47.0. The molecule has 0 radical (unpaired) electrons.